The van der Waals surface area contributed by atoms with Gasteiger partial charge >= 0.3 is 6.03 Å². The van der Waals surface area contributed by atoms with Crippen LogP contribution in [0.3, 0.4) is 0 Å². The van der Waals surface area contributed by atoms with E-state index in [0.717, 1.165) is 11.4 Å². The van der Waals surface area contributed by atoms with Crippen LogP contribution in [0.4, 0.5) is 28.1 Å². The summed E-state index contributed by atoms with van der Waals surface area (Å²) in [4.78, 5) is 40.5. The van der Waals surface area contributed by atoms with Crippen molar-refractivity contribution in [3.63, 3.8) is 0 Å². The molecule has 4 N–H and O–H groups in total. The van der Waals surface area contributed by atoms with Crippen LogP contribution >= 0.6 is 23.2 Å². The lowest BCUT2D eigenvalue weighted by molar-refractivity contribution is 0.262. The number of isocyanates is 1. The third-order valence-corrected chi connectivity index (χ3v) is 4.87. The number of anilines is 3. The van der Waals surface area contributed by atoms with E-state index in [9.17, 15) is 9.59 Å². The van der Waals surface area contributed by atoms with E-state index >= 15 is 0 Å². The maximum Gasteiger partial charge on any atom is 0.326 e. The number of aryl methyl sites for hydroxylation is 2. The van der Waals surface area contributed by atoms with Gasteiger partial charge in [-0.25, -0.2) is 29.5 Å². The largest absolute Gasteiger partial charge is 0.497 e. The summed E-state index contributed by atoms with van der Waals surface area (Å²) >= 11 is 11.3. The Morgan fingerprint density at radius 2 is 1.35 bits per heavy atom. The first-order chi connectivity index (χ1) is 19.1. The molecule has 0 atom stereocenters. The topological polar surface area (TPSA) is 167 Å². The molecule has 0 saturated heterocycles. The van der Waals surface area contributed by atoms with Crippen molar-refractivity contribution in [1.29, 1.82) is 0 Å². The maximum absolute atomic E-state index is 11.8. The molecule has 0 unspecified atom stereocenters. The van der Waals surface area contributed by atoms with Gasteiger partial charge in [0.25, 0.3) is 0 Å². The van der Waals surface area contributed by atoms with Crippen molar-refractivity contribution >= 4 is 58.6 Å². The van der Waals surface area contributed by atoms with E-state index in [-0.39, 0.29) is 17.0 Å². The van der Waals surface area contributed by atoms with Gasteiger partial charge in [0.05, 0.1) is 19.9 Å². The van der Waals surface area contributed by atoms with Gasteiger partial charge in [0.1, 0.15) is 21.8 Å². The lowest BCUT2D eigenvalue weighted by Gasteiger charge is -2.07. The molecule has 0 spiro atoms. The molecule has 2 amide bonds. The van der Waals surface area contributed by atoms with E-state index in [4.69, 9.17) is 38.4 Å². The van der Waals surface area contributed by atoms with Crippen molar-refractivity contribution in [2.45, 2.75) is 13.8 Å². The molecule has 208 valence electrons. The van der Waals surface area contributed by atoms with Gasteiger partial charge in [-0.15, -0.1) is 0 Å². The minimum atomic E-state index is -0.447. The van der Waals surface area contributed by atoms with E-state index in [2.05, 4.69) is 35.6 Å². The van der Waals surface area contributed by atoms with Crippen LogP contribution in [0.5, 0.6) is 11.5 Å². The van der Waals surface area contributed by atoms with Crippen LogP contribution in [0, 0.1) is 13.8 Å². The van der Waals surface area contributed by atoms with Gasteiger partial charge in [0.2, 0.25) is 18.0 Å². The fourth-order valence-corrected chi connectivity index (χ4v) is 3.27. The number of nitrogens with zero attached hydrogens (tertiary/aromatic N) is 5. The number of urea groups is 1. The molecule has 40 heavy (non-hydrogen) atoms. The number of ether oxygens (including phenoxy) is 2. The molecule has 0 aliphatic carbocycles. The fraction of sp³-hybridized carbons (Fsp3) is 0.154. The van der Waals surface area contributed by atoms with Crippen molar-refractivity contribution in [2.24, 2.45) is 4.99 Å². The molecule has 0 radical (unpaired) electrons. The summed E-state index contributed by atoms with van der Waals surface area (Å²) in [6.07, 6.45) is 1.46. The molecule has 2 aromatic carbocycles. The van der Waals surface area contributed by atoms with Gasteiger partial charge < -0.3 is 20.5 Å². The van der Waals surface area contributed by atoms with Crippen LogP contribution in [0.1, 0.15) is 11.4 Å². The van der Waals surface area contributed by atoms with E-state index in [1.807, 2.05) is 6.92 Å². The summed E-state index contributed by atoms with van der Waals surface area (Å²) in [6.45, 7) is 3.57. The van der Waals surface area contributed by atoms with Crippen LogP contribution in [0.2, 0.25) is 10.3 Å². The fourth-order valence-electron chi connectivity index (χ4n) is 2.79. The molecule has 0 bridgehead atoms. The molecule has 0 aliphatic rings. The van der Waals surface area contributed by atoms with Crippen LogP contribution < -0.4 is 25.8 Å². The highest BCUT2D eigenvalue weighted by Gasteiger charge is 2.06. The monoisotopic (exact) mass is 584 g/mol. The number of nitrogens with one attached hydrogen (secondary N) is 2. The highest BCUT2D eigenvalue weighted by atomic mass is 35.5. The predicted octanol–water partition coefficient (Wildman–Crippen LogP) is 5.77. The number of aromatic nitrogens is 4. The Bertz CT molecular complexity index is 1380. The Hall–Kier alpha value is -4.77. The van der Waals surface area contributed by atoms with Crippen LogP contribution in [0.15, 0.2) is 65.7 Å². The Kier molecular flexibility index (Phi) is 12.8. The van der Waals surface area contributed by atoms with Gasteiger partial charge in [-0.1, -0.05) is 23.2 Å². The van der Waals surface area contributed by atoms with Gasteiger partial charge in [-0.05, 0) is 74.5 Å². The molecule has 14 heteroatoms. The number of carbonyl (C=O) groups is 1. The first-order valence-electron chi connectivity index (χ1n) is 11.3. The average molecular weight is 585 g/mol. The summed E-state index contributed by atoms with van der Waals surface area (Å²) in [5.41, 5.74) is 7.92. The first kappa shape index (κ1) is 31.4. The minimum absolute atomic E-state index is 0.154. The number of carbonyl (C=O) groups excluding carboxylic acids is 2. The van der Waals surface area contributed by atoms with Gasteiger partial charge in [0, 0.05) is 17.1 Å². The van der Waals surface area contributed by atoms with Crippen LogP contribution in [0.25, 0.3) is 0 Å². The highest BCUT2D eigenvalue weighted by Crippen LogP contribution is 2.17. The zero-order valence-electron chi connectivity index (χ0n) is 22.0. The Balaban J connectivity index is 0.000000235. The molecule has 4 aromatic rings. The summed E-state index contributed by atoms with van der Waals surface area (Å²) in [5, 5.41) is 5.83. The summed E-state index contributed by atoms with van der Waals surface area (Å²) in [5.74, 6) is 1.83. The molecule has 0 aliphatic heterocycles. The van der Waals surface area contributed by atoms with Crippen molar-refractivity contribution in [1.82, 2.24) is 19.9 Å². The molecule has 2 heterocycles. The highest BCUT2D eigenvalue weighted by molar-refractivity contribution is 6.29. The molecule has 4 rings (SSSR count). The van der Waals surface area contributed by atoms with E-state index in [0.29, 0.717) is 28.0 Å². The summed E-state index contributed by atoms with van der Waals surface area (Å²) in [7, 11) is 3.16. The van der Waals surface area contributed by atoms with Gasteiger partial charge in [-0.2, -0.15) is 4.99 Å². The number of methoxy groups -OCH3 is 2. The van der Waals surface area contributed by atoms with Crippen LogP contribution in [-0.2, 0) is 4.79 Å². The lowest BCUT2D eigenvalue weighted by atomic mass is 10.3. The second-order valence-electron chi connectivity index (χ2n) is 7.55. The van der Waals surface area contributed by atoms with Crippen molar-refractivity contribution in [2.75, 3.05) is 30.6 Å². The Morgan fingerprint density at radius 1 is 0.825 bits per heavy atom. The predicted molar refractivity (Wildman–Crippen MR) is 154 cm³/mol. The number of benzene rings is 2. The summed E-state index contributed by atoms with van der Waals surface area (Å²) in [6, 6.07) is 16.6. The zero-order valence-corrected chi connectivity index (χ0v) is 23.5. The number of aliphatic imine (C=N–C) groups is 1. The number of amides is 2. The minimum Gasteiger partial charge on any atom is -0.497 e. The third-order valence-electron chi connectivity index (χ3n) is 4.48. The number of hydrogen-bond donors (Lipinski definition) is 3. The molecular formula is C26H26Cl2N8O4. The third kappa shape index (κ3) is 11.7. The number of hydrogen-bond acceptors (Lipinski definition) is 10. The number of rotatable bonds is 5. The quantitative estimate of drug-likeness (QED) is 0.150. The first-order valence-corrected chi connectivity index (χ1v) is 12.1. The smallest absolute Gasteiger partial charge is 0.326 e. The normalized spacial score (nSPS) is 9.45. The van der Waals surface area contributed by atoms with E-state index < -0.39 is 6.03 Å². The molecule has 12 nitrogen and oxygen atoms in total. The van der Waals surface area contributed by atoms with Crippen molar-refractivity contribution in [3.05, 3.63) is 82.4 Å². The zero-order chi connectivity index (χ0) is 29.5. The standard InChI is InChI=1S/C13H13ClN4O2.C8H7NO2.C5H6ClN3/c1-8-7-11(14)17-12(15-8)18-13(19)16-9-3-5-10(20-2)6-4-9;1-11-8-4-2-7(3-5-8)9-6-10;1-3-2-4(6)9-5(7)8-3/h3-7H,1-2H3,(H2,15,16,17,18,19);2-5H,1H3;2H,1H3,(H2,7,8,9). The molecule has 0 saturated carbocycles. The SMILES string of the molecule is COc1ccc(N=C=O)cc1.COc1ccc(NC(=O)Nc2nc(C)cc(Cl)n2)cc1.Cc1cc(Cl)nc(N)n1. The molecule has 2 aromatic heterocycles. The Morgan fingerprint density at radius 3 is 1.82 bits per heavy atom. The Labute approximate surface area is 240 Å². The number of nitrogen functional groups attached to an aromatic ring is 1. The van der Waals surface area contributed by atoms with Gasteiger partial charge in [0.15, 0.2) is 0 Å². The van der Waals surface area contributed by atoms with Crippen molar-refractivity contribution < 1.29 is 19.1 Å². The van der Waals surface area contributed by atoms with Crippen molar-refractivity contribution in [3.8, 4) is 11.5 Å². The number of nitrogens with two attached hydrogens (primary N) is 1. The second-order valence-corrected chi connectivity index (χ2v) is 8.33. The second kappa shape index (κ2) is 16.2. The van der Waals surface area contributed by atoms with E-state index in [1.165, 1.54) is 6.08 Å². The number of halogens is 2. The maximum atomic E-state index is 11.8. The molecular weight excluding hydrogens is 559 g/mol. The van der Waals surface area contributed by atoms with Gasteiger partial charge in [-0.3, -0.25) is 5.32 Å². The van der Waals surface area contributed by atoms with Crippen LogP contribution in [-0.4, -0.2) is 46.3 Å². The average Bonchev–Trinajstić information content (AvgIpc) is 2.89. The molecule has 0 fully saturated rings. The summed E-state index contributed by atoms with van der Waals surface area (Å²) < 4.78 is 9.94. The lowest BCUT2D eigenvalue weighted by Crippen LogP contribution is -2.21. The van der Waals surface area contributed by atoms with E-state index in [1.54, 1.807) is 81.8 Å².